The standard InChI is InChI=1S/C81H158O17P2/c1-9-72(6)58-50-42-34-28-24-20-16-14-12-13-15-17-21-25-29-36-45-53-61-78(83)91-67-76(98-81(86)64-56-48-38-32-31-35-43-51-59-73(7)10-2)69-95-99(87,88)93-65-75(82)66-94-100(89,90)96-70-77(68-92-79(84)62-54-46-40-39-44-52-60-74(8)11-3)97-80(85)63-55-47-37-30-26-22-18-19-23-27-33-41-49-57-71(4)5/h71-77,82H,9-70H2,1-8H3,(H,87,88)(H,89,90)/t72?,73?,74?,75-,76-,77-/m1/s1. The Morgan fingerprint density at radius 2 is 0.480 bits per heavy atom. The first kappa shape index (κ1) is 98.1. The average molecular weight is 1470 g/mol. The Bertz CT molecular complexity index is 1960. The number of rotatable bonds is 78. The Balaban J connectivity index is 5.18. The van der Waals surface area contributed by atoms with Gasteiger partial charge < -0.3 is 33.8 Å². The quantitative estimate of drug-likeness (QED) is 0.0222. The van der Waals surface area contributed by atoms with E-state index in [1.54, 1.807) is 0 Å². The zero-order valence-electron chi connectivity index (χ0n) is 65.8. The highest BCUT2D eigenvalue weighted by Gasteiger charge is 2.30. The number of carbonyl (C=O) groups is 4. The van der Waals surface area contributed by atoms with Crippen LogP contribution in [0, 0.1) is 23.7 Å². The predicted molar refractivity (Wildman–Crippen MR) is 409 cm³/mol. The highest BCUT2D eigenvalue weighted by molar-refractivity contribution is 7.47. The Labute approximate surface area is 613 Å². The van der Waals surface area contributed by atoms with Crippen LogP contribution in [0.3, 0.4) is 0 Å². The Morgan fingerprint density at radius 3 is 0.710 bits per heavy atom. The molecule has 5 unspecified atom stereocenters. The van der Waals surface area contributed by atoms with Crippen LogP contribution < -0.4 is 0 Å². The minimum atomic E-state index is -4.96. The summed E-state index contributed by atoms with van der Waals surface area (Å²) in [6.45, 7) is 14.3. The van der Waals surface area contributed by atoms with Gasteiger partial charge in [-0.1, -0.05) is 364 Å². The van der Waals surface area contributed by atoms with E-state index in [1.807, 2.05) is 0 Å². The van der Waals surface area contributed by atoms with Crippen molar-refractivity contribution in [2.24, 2.45) is 23.7 Å². The number of hydrogen-bond donors (Lipinski definition) is 3. The highest BCUT2D eigenvalue weighted by Crippen LogP contribution is 2.45. The molecule has 0 aliphatic carbocycles. The van der Waals surface area contributed by atoms with Crippen LogP contribution in [-0.4, -0.2) is 96.7 Å². The second kappa shape index (κ2) is 70.1. The average Bonchev–Trinajstić information content (AvgIpc) is 0.921. The topological polar surface area (TPSA) is 237 Å². The summed E-state index contributed by atoms with van der Waals surface area (Å²) in [7, 11) is -9.92. The first-order chi connectivity index (χ1) is 48.2. The van der Waals surface area contributed by atoms with Gasteiger partial charge in [0, 0.05) is 25.7 Å². The van der Waals surface area contributed by atoms with Gasteiger partial charge >= 0.3 is 39.5 Å². The minimum Gasteiger partial charge on any atom is -0.462 e. The summed E-state index contributed by atoms with van der Waals surface area (Å²) in [6.07, 6.45) is 56.9. The number of aliphatic hydroxyl groups is 1. The third-order valence-corrected chi connectivity index (χ3v) is 21.8. The fraction of sp³-hybridized carbons (Fsp3) is 0.951. The van der Waals surface area contributed by atoms with Crippen molar-refractivity contribution >= 4 is 39.5 Å². The van der Waals surface area contributed by atoms with Crippen molar-refractivity contribution in [1.29, 1.82) is 0 Å². The van der Waals surface area contributed by atoms with Crippen LogP contribution in [0.15, 0.2) is 0 Å². The second-order valence-corrected chi connectivity index (χ2v) is 33.3. The summed E-state index contributed by atoms with van der Waals surface area (Å²) in [4.78, 5) is 73.0. The maximum atomic E-state index is 13.1. The van der Waals surface area contributed by atoms with Crippen LogP contribution in [0.5, 0.6) is 0 Å². The fourth-order valence-electron chi connectivity index (χ4n) is 12.3. The molecule has 17 nitrogen and oxygen atoms in total. The minimum absolute atomic E-state index is 0.105. The third kappa shape index (κ3) is 70.4. The summed E-state index contributed by atoms with van der Waals surface area (Å²) < 4.78 is 68.7. The molecular formula is C81H158O17P2. The molecule has 0 heterocycles. The van der Waals surface area contributed by atoms with Gasteiger partial charge in [-0.3, -0.25) is 37.3 Å². The molecule has 594 valence electrons. The number of aliphatic hydroxyl groups excluding tert-OH is 1. The molecule has 8 atom stereocenters. The van der Waals surface area contributed by atoms with Gasteiger partial charge in [-0.05, 0) is 49.4 Å². The van der Waals surface area contributed by atoms with Crippen molar-refractivity contribution in [2.45, 2.75) is 433 Å². The zero-order chi connectivity index (χ0) is 73.8. The molecule has 0 rings (SSSR count). The normalized spacial score (nSPS) is 14.8. The Morgan fingerprint density at radius 1 is 0.280 bits per heavy atom. The summed E-state index contributed by atoms with van der Waals surface area (Å²) >= 11 is 0. The van der Waals surface area contributed by atoms with Crippen LogP contribution >= 0.6 is 15.6 Å². The van der Waals surface area contributed by atoms with E-state index in [0.29, 0.717) is 25.7 Å². The summed E-state index contributed by atoms with van der Waals surface area (Å²) in [5.74, 6) is 1.04. The number of ether oxygens (including phenoxy) is 4. The van der Waals surface area contributed by atoms with Crippen LogP contribution in [0.2, 0.25) is 0 Å². The van der Waals surface area contributed by atoms with Crippen molar-refractivity contribution in [3.63, 3.8) is 0 Å². The maximum Gasteiger partial charge on any atom is 0.472 e. The van der Waals surface area contributed by atoms with E-state index >= 15 is 0 Å². The van der Waals surface area contributed by atoms with Crippen molar-refractivity contribution in [1.82, 2.24) is 0 Å². The van der Waals surface area contributed by atoms with Gasteiger partial charge in [0.05, 0.1) is 26.4 Å². The molecule has 0 amide bonds. The van der Waals surface area contributed by atoms with E-state index in [4.69, 9.17) is 37.0 Å². The summed E-state index contributed by atoms with van der Waals surface area (Å²) in [5, 5.41) is 10.6. The molecule has 0 aliphatic rings. The van der Waals surface area contributed by atoms with E-state index in [1.165, 1.54) is 212 Å². The molecular weight excluding hydrogens is 1310 g/mol. The van der Waals surface area contributed by atoms with Crippen LogP contribution in [-0.2, 0) is 65.4 Å². The molecule has 0 spiro atoms. The van der Waals surface area contributed by atoms with E-state index in [9.17, 15) is 43.2 Å². The lowest BCUT2D eigenvalue weighted by Gasteiger charge is -2.21. The summed E-state index contributed by atoms with van der Waals surface area (Å²) in [6, 6.07) is 0. The molecule has 0 aromatic carbocycles. The van der Waals surface area contributed by atoms with E-state index in [2.05, 4.69) is 55.4 Å². The Hall–Kier alpha value is -1.94. The molecule has 3 N–H and O–H groups in total. The molecule has 0 radical (unpaired) electrons. The number of unbranched alkanes of at least 4 members (excludes halogenated alkanes) is 41. The van der Waals surface area contributed by atoms with Crippen molar-refractivity contribution in [3.05, 3.63) is 0 Å². The van der Waals surface area contributed by atoms with E-state index in [0.717, 1.165) is 120 Å². The van der Waals surface area contributed by atoms with Crippen LogP contribution in [0.4, 0.5) is 0 Å². The van der Waals surface area contributed by atoms with Gasteiger partial charge in [0.15, 0.2) is 12.2 Å². The number of esters is 4. The second-order valence-electron chi connectivity index (χ2n) is 30.4. The number of phosphoric ester groups is 2. The maximum absolute atomic E-state index is 13.1. The van der Waals surface area contributed by atoms with Gasteiger partial charge in [-0.25, -0.2) is 9.13 Å². The molecule has 100 heavy (non-hydrogen) atoms. The van der Waals surface area contributed by atoms with Crippen LogP contribution in [0.25, 0.3) is 0 Å². The molecule has 0 bridgehead atoms. The van der Waals surface area contributed by atoms with Gasteiger partial charge in [0.1, 0.15) is 19.3 Å². The van der Waals surface area contributed by atoms with Gasteiger partial charge in [-0.2, -0.15) is 0 Å². The first-order valence-corrected chi connectivity index (χ1v) is 44.8. The molecule has 19 heteroatoms. The van der Waals surface area contributed by atoms with Gasteiger partial charge in [-0.15, -0.1) is 0 Å². The van der Waals surface area contributed by atoms with E-state index < -0.39 is 97.5 Å². The molecule has 0 aromatic heterocycles. The molecule has 0 fully saturated rings. The zero-order valence-corrected chi connectivity index (χ0v) is 67.6. The molecule has 0 saturated heterocycles. The predicted octanol–water partition coefficient (Wildman–Crippen LogP) is 24.0. The van der Waals surface area contributed by atoms with E-state index in [-0.39, 0.29) is 25.7 Å². The molecule has 0 saturated carbocycles. The fourth-order valence-corrected chi connectivity index (χ4v) is 13.9. The van der Waals surface area contributed by atoms with Gasteiger partial charge in [0.25, 0.3) is 0 Å². The number of hydrogen-bond acceptors (Lipinski definition) is 15. The Kier molecular flexibility index (Phi) is 68.7. The van der Waals surface area contributed by atoms with Crippen molar-refractivity contribution in [2.75, 3.05) is 39.6 Å². The SMILES string of the molecule is CCC(C)CCCCCCCCCCCCCCCCCCCCC(=O)OC[C@H](COP(=O)(O)OC[C@@H](O)COP(=O)(O)OC[C@@H](COC(=O)CCCCCCCCC(C)CC)OC(=O)CCCCCCCCCCCCCCCC(C)C)OC(=O)CCCCCCCCCCC(C)CC. The van der Waals surface area contributed by atoms with Gasteiger partial charge in [0.2, 0.25) is 0 Å². The van der Waals surface area contributed by atoms with Crippen molar-refractivity contribution < 1.29 is 80.2 Å². The first-order valence-electron chi connectivity index (χ1n) is 41.8. The number of carbonyl (C=O) groups excluding carboxylic acids is 4. The van der Waals surface area contributed by atoms with Crippen molar-refractivity contribution in [3.8, 4) is 0 Å². The largest absolute Gasteiger partial charge is 0.472 e. The lowest BCUT2D eigenvalue weighted by atomic mass is 9.99. The lowest BCUT2D eigenvalue weighted by molar-refractivity contribution is -0.161. The highest BCUT2D eigenvalue weighted by atomic mass is 31.2. The third-order valence-electron chi connectivity index (χ3n) is 19.9. The smallest absolute Gasteiger partial charge is 0.462 e. The summed E-state index contributed by atoms with van der Waals surface area (Å²) in [5.41, 5.74) is 0. The molecule has 0 aliphatic heterocycles. The van der Waals surface area contributed by atoms with Crippen LogP contribution in [0.1, 0.15) is 415 Å². The molecule has 0 aromatic rings. The number of phosphoric acid groups is 2. The lowest BCUT2D eigenvalue weighted by Crippen LogP contribution is -2.30. The monoisotopic (exact) mass is 1470 g/mol.